The van der Waals surface area contributed by atoms with Crippen LogP contribution in [0.5, 0.6) is 0 Å². The molecule has 0 rings (SSSR count). The molecule has 0 aromatic carbocycles. The molecule has 0 aromatic rings. The second kappa shape index (κ2) is 9.26. The number of hydrogen-bond acceptors (Lipinski definition) is 1. The van der Waals surface area contributed by atoms with Crippen LogP contribution in [0.3, 0.4) is 0 Å². The third-order valence-corrected chi connectivity index (χ3v) is 2.05. The Morgan fingerprint density at radius 1 is 1.00 bits per heavy atom. The van der Waals surface area contributed by atoms with Gasteiger partial charge in [-0.2, -0.15) is 0 Å². The molecule has 84 valence electrons. The SMILES string of the molecule is CC(C)CCCC=CCCOC(C)C. The van der Waals surface area contributed by atoms with Crippen LogP contribution in [0.15, 0.2) is 12.2 Å². The van der Waals surface area contributed by atoms with E-state index in [1.807, 2.05) is 0 Å². The molecule has 0 saturated heterocycles. The van der Waals surface area contributed by atoms with Crippen molar-refractivity contribution in [3.8, 4) is 0 Å². The first kappa shape index (κ1) is 13.7. The van der Waals surface area contributed by atoms with Gasteiger partial charge in [-0.1, -0.05) is 32.4 Å². The van der Waals surface area contributed by atoms with Crippen LogP contribution < -0.4 is 0 Å². The van der Waals surface area contributed by atoms with Crippen LogP contribution in [-0.2, 0) is 4.74 Å². The van der Waals surface area contributed by atoms with Gasteiger partial charge in [-0.15, -0.1) is 0 Å². The summed E-state index contributed by atoms with van der Waals surface area (Å²) in [6, 6.07) is 0. The number of unbranched alkanes of at least 4 members (excludes halogenated alkanes) is 1. The fraction of sp³-hybridized carbons (Fsp3) is 0.846. The lowest BCUT2D eigenvalue weighted by atomic mass is 10.1. The minimum atomic E-state index is 0.365. The Balaban J connectivity index is 3.12. The second-order valence-corrected chi connectivity index (χ2v) is 4.50. The first-order chi connectivity index (χ1) is 6.63. The van der Waals surface area contributed by atoms with Crippen molar-refractivity contribution >= 4 is 0 Å². The molecule has 0 spiro atoms. The lowest BCUT2D eigenvalue weighted by Crippen LogP contribution is -2.02. The first-order valence-electron chi connectivity index (χ1n) is 5.89. The highest BCUT2D eigenvalue weighted by Crippen LogP contribution is 2.06. The van der Waals surface area contributed by atoms with E-state index in [1.165, 1.54) is 19.3 Å². The molecule has 0 heterocycles. The van der Waals surface area contributed by atoms with Crippen LogP contribution in [0.1, 0.15) is 53.4 Å². The van der Waals surface area contributed by atoms with Gasteiger partial charge < -0.3 is 4.74 Å². The fourth-order valence-corrected chi connectivity index (χ4v) is 1.25. The minimum absolute atomic E-state index is 0.365. The average Bonchev–Trinajstić information content (AvgIpc) is 2.08. The average molecular weight is 198 g/mol. The van der Waals surface area contributed by atoms with E-state index < -0.39 is 0 Å². The zero-order valence-electron chi connectivity index (χ0n) is 10.3. The molecular formula is C13H26O. The van der Waals surface area contributed by atoms with Gasteiger partial charge in [0.2, 0.25) is 0 Å². The standard InChI is InChI=1S/C13H26O/c1-12(2)10-8-6-5-7-9-11-14-13(3)4/h5,7,12-13H,6,8-11H2,1-4H3. The summed E-state index contributed by atoms with van der Waals surface area (Å²) in [5.41, 5.74) is 0. The zero-order valence-corrected chi connectivity index (χ0v) is 10.3. The third kappa shape index (κ3) is 11.7. The minimum Gasteiger partial charge on any atom is -0.378 e. The monoisotopic (exact) mass is 198 g/mol. The summed E-state index contributed by atoms with van der Waals surface area (Å²) in [5.74, 6) is 0.840. The molecule has 1 nitrogen and oxygen atoms in total. The first-order valence-corrected chi connectivity index (χ1v) is 5.89. The highest BCUT2D eigenvalue weighted by molar-refractivity contribution is 4.81. The Kier molecular flexibility index (Phi) is 9.06. The van der Waals surface area contributed by atoms with Gasteiger partial charge in [0, 0.05) is 0 Å². The van der Waals surface area contributed by atoms with Crippen LogP contribution in [-0.4, -0.2) is 12.7 Å². The normalized spacial score (nSPS) is 12.1. The molecule has 0 aromatic heterocycles. The molecule has 0 unspecified atom stereocenters. The van der Waals surface area contributed by atoms with Crippen molar-refractivity contribution in [2.24, 2.45) is 5.92 Å². The van der Waals surface area contributed by atoms with Gasteiger partial charge in [-0.05, 0) is 39.0 Å². The summed E-state index contributed by atoms with van der Waals surface area (Å²) >= 11 is 0. The number of allylic oxidation sites excluding steroid dienone is 1. The van der Waals surface area contributed by atoms with Crippen molar-refractivity contribution in [1.82, 2.24) is 0 Å². The zero-order chi connectivity index (χ0) is 10.8. The van der Waals surface area contributed by atoms with Crippen LogP contribution in [0.25, 0.3) is 0 Å². The van der Waals surface area contributed by atoms with Crippen molar-refractivity contribution in [1.29, 1.82) is 0 Å². The van der Waals surface area contributed by atoms with E-state index in [4.69, 9.17) is 4.74 Å². The smallest absolute Gasteiger partial charge is 0.0519 e. The molecule has 0 bridgehead atoms. The van der Waals surface area contributed by atoms with E-state index >= 15 is 0 Å². The fourth-order valence-electron chi connectivity index (χ4n) is 1.25. The highest BCUT2D eigenvalue weighted by atomic mass is 16.5. The number of rotatable bonds is 8. The Labute approximate surface area is 89.5 Å². The Morgan fingerprint density at radius 2 is 1.64 bits per heavy atom. The largest absolute Gasteiger partial charge is 0.378 e. The van der Waals surface area contributed by atoms with Gasteiger partial charge in [-0.25, -0.2) is 0 Å². The van der Waals surface area contributed by atoms with E-state index in [1.54, 1.807) is 0 Å². The molecule has 1 heteroatoms. The van der Waals surface area contributed by atoms with E-state index in [2.05, 4.69) is 39.8 Å². The topological polar surface area (TPSA) is 9.23 Å². The summed E-state index contributed by atoms with van der Waals surface area (Å²) in [5, 5.41) is 0. The van der Waals surface area contributed by atoms with Gasteiger partial charge in [0.15, 0.2) is 0 Å². The number of hydrogen-bond donors (Lipinski definition) is 0. The molecule has 14 heavy (non-hydrogen) atoms. The predicted molar refractivity (Wildman–Crippen MR) is 63.5 cm³/mol. The molecule has 0 atom stereocenters. The van der Waals surface area contributed by atoms with Crippen molar-refractivity contribution in [3.05, 3.63) is 12.2 Å². The van der Waals surface area contributed by atoms with Gasteiger partial charge >= 0.3 is 0 Å². The summed E-state index contributed by atoms with van der Waals surface area (Å²) < 4.78 is 5.44. The van der Waals surface area contributed by atoms with Gasteiger partial charge in [0.25, 0.3) is 0 Å². The van der Waals surface area contributed by atoms with E-state index in [0.717, 1.165) is 18.9 Å². The summed E-state index contributed by atoms with van der Waals surface area (Å²) in [6.45, 7) is 9.57. The molecule has 0 amide bonds. The maximum atomic E-state index is 5.44. The molecule has 0 aliphatic carbocycles. The molecule has 0 saturated carbocycles. The lowest BCUT2D eigenvalue weighted by Gasteiger charge is -2.04. The lowest BCUT2D eigenvalue weighted by molar-refractivity contribution is 0.0825. The molecule has 0 aliphatic heterocycles. The van der Waals surface area contributed by atoms with Crippen LogP contribution >= 0.6 is 0 Å². The molecule has 0 N–H and O–H groups in total. The van der Waals surface area contributed by atoms with E-state index in [-0.39, 0.29) is 0 Å². The van der Waals surface area contributed by atoms with Crippen molar-refractivity contribution in [2.75, 3.05) is 6.61 Å². The Morgan fingerprint density at radius 3 is 2.21 bits per heavy atom. The van der Waals surface area contributed by atoms with Crippen LogP contribution in [0, 0.1) is 5.92 Å². The third-order valence-electron chi connectivity index (χ3n) is 2.05. The van der Waals surface area contributed by atoms with Crippen LogP contribution in [0.2, 0.25) is 0 Å². The van der Waals surface area contributed by atoms with E-state index in [9.17, 15) is 0 Å². The quantitative estimate of drug-likeness (QED) is 0.420. The van der Waals surface area contributed by atoms with Crippen molar-refractivity contribution < 1.29 is 4.74 Å². The van der Waals surface area contributed by atoms with Crippen molar-refractivity contribution in [3.63, 3.8) is 0 Å². The van der Waals surface area contributed by atoms with Crippen molar-refractivity contribution in [2.45, 2.75) is 59.5 Å². The Bertz CT molecular complexity index is 120. The molecule has 0 aliphatic rings. The van der Waals surface area contributed by atoms with E-state index in [0.29, 0.717) is 6.10 Å². The summed E-state index contributed by atoms with van der Waals surface area (Å²) in [6.07, 6.45) is 9.82. The Hall–Kier alpha value is -0.300. The maximum absolute atomic E-state index is 5.44. The predicted octanol–water partition coefficient (Wildman–Crippen LogP) is 4.18. The highest BCUT2D eigenvalue weighted by Gasteiger charge is 1.92. The maximum Gasteiger partial charge on any atom is 0.0519 e. The molecular weight excluding hydrogens is 172 g/mol. The number of ether oxygens (including phenoxy) is 1. The van der Waals surface area contributed by atoms with Gasteiger partial charge in [0.05, 0.1) is 12.7 Å². The van der Waals surface area contributed by atoms with Gasteiger partial charge in [0.1, 0.15) is 0 Å². The molecule has 0 fully saturated rings. The summed E-state index contributed by atoms with van der Waals surface area (Å²) in [7, 11) is 0. The molecule has 0 radical (unpaired) electrons. The second-order valence-electron chi connectivity index (χ2n) is 4.50. The summed E-state index contributed by atoms with van der Waals surface area (Å²) in [4.78, 5) is 0. The van der Waals surface area contributed by atoms with Crippen LogP contribution in [0.4, 0.5) is 0 Å². The van der Waals surface area contributed by atoms with Gasteiger partial charge in [-0.3, -0.25) is 0 Å².